The summed E-state index contributed by atoms with van der Waals surface area (Å²) in [6.45, 7) is 0. The highest BCUT2D eigenvalue weighted by atomic mass is 35.5. The highest BCUT2D eigenvalue weighted by Crippen LogP contribution is 2.17. The van der Waals surface area contributed by atoms with Crippen molar-refractivity contribution in [3.05, 3.63) is 34.3 Å². The zero-order valence-corrected chi connectivity index (χ0v) is 7.36. The maximum Gasteiger partial charge on any atom is 0.252 e. The molecule has 0 N–H and O–H groups in total. The molecular formula is C8H3Cl2NO. The van der Waals surface area contributed by atoms with Crippen molar-refractivity contribution in [2.24, 2.45) is 0 Å². The molecule has 1 aromatic carbocycles. The van der Waals surface area contributed by atoms with E-state index in [0.717, 1.165) is 0 Å². The largest absolute Gasteiger partial charge is 0.276 e. The molecule has 0 aliphatic rings. The Balaban J connectivity index is 3.25. The molecule has 2 nitrogen and oxygen atoms in total. The second-order valence-corrected chi connectivity index (χ2v) is 2.83. The van der Waals surface area contributed by atoms with Crippen molar-refractivity contribution in [1.82, 2.24) is 0 Å². The van der Waals surface area contributed by atoms with Crippen LogP contribution < -0.4 is 0 Å². The average molecular weight is 200 g/mol. The first-order valence-electron chi connectivity index (χ1n) is 3.04. The monoisotopic (exact) mass is 199 g/mol. The van der Waals surface area contributed by atoms with Gasteiger partial charge in [0.15, 0.2) is 0 Å². The van der Waals surface area contributed by atoms with Crippen molar-refractivity contribution in [3.63, 3.8) is 0 Å². The van der Waals surface area contributed by atoms with Gasteiger partial charge in [0, 0.05) is 5.56 Å². The Labute approximate surface area is 79.3 Å². The van der Waals surface area contributed by atoms with E-state index in [2.05, 4.69) is 0 Å². The number of carbonyl (C=O) groups is 1. The molecule has 12 heavy (non-hydrogen) atoms. The Morgan fingerprint density at radius 3 is 2.67 bits per heavy atom. The Kier molecular flexibility index (Phi) is 2.69. The first-order chi connectivity index (χ1) is 5.65. The number of halogens is 2. The summed E-state index contributed by atoms with van der Waals surface area (Å²) in [5, 5.41) is 8.26. The fourth-order valence-electron chi connectivity index (χ4n) is 0.733. The van der Waals surface area contributed by atoms with Crippen molar-refractivity contribution < 1.29 is 4.79 Å². The fraction of sp³-hybridized carbons (Fsp3) is 0. The summed E-state index contributed by atoms with van der Waals surface area (Å²) in [5.41, 5.74) is 0.529. The molecule has 0 radical (unpaired) electrons. The first-order valence-corrected chi connectivity index (χ1v) is 3.80. The molecule has 0 amide bonds. The molecule has 0 saturated carbocycles. The van der Waals surface area contributed by atoms with Gasteiger partial charge in [-0.2, -0.15) is 5.26 Å². The van der Waals surface area contributed by atoms with Crippen LogP contribution in [-0.4, -0.2) is 5.24 Å². The van der Waals surface area contributed by atoms with E-state index in [9.17, 15) is 4.79 Å². The van der Waals surface area contributed by atoms with Gasteiger partial charge < -0.3 is 0 Å². The minimum atomic E-state index is -0.594. The van der Waals surface area contributed by atoms with E-state index < -0.39 is 5.24 Å². The molecule has 1 rings (SSSR count). The van der Waals surface area contributed by atoms with Gasteiger partial charge >= 0.3 is 0 Å². The number of carbonyl (C=O) groups excluding carboxylic acids is 1. The van der Waals surface area contributed by atoms with E-state index in [4.69, 9.17) is 28.5 Å². The van der Waals surface area contributed by atoms with Crippen LogP contribution in [0.25, 0.3) is 0 Å². The van der Waals surface area contributed by atoms with Crippen LogP contribution in [0.5, 0.6) is 0 Å². The summed E-state index contributed by atoms with van der Waals surface area (Å²) in [4.78, 5) is 10.6. The number of hydrogen-bond donors (Lipinski definition) is 0. The SMILES string of the molecule is N#Cc1cc(C(=O)Cl)ccc1Cl. The topological polar surface area (TPSA) is 40.9 Å². The maximum atomic E-state index is 10.6. The van der Waals surface area contributed by atoms with E-state index in [0.29, 0.717) is 5.02 Å². The normalized spacial score (nSPS) is 9.08. The van der Waals surface area contributed by atoms with Gasteiger partial charge in [0.2, 0.25) is 0 Å². The number of rotatable bonds is 1. The van der Waals surface area contributed by atoms with Gasteiger partial charge in [-0.05, 0) is 29.8 Å². The second-order valence-electron chi connectivity index (χ2n) is 2.08. The molecule has 0 aliphatic heterocycles. The molecule has 0 fully saturated rings. The number of nitrogens with zero attached hydrogens (tertiary/aromatic N) is 1. The molecule has 0 aromatic heterocycles. The highest BCUT2D eigenvalue weighted by molar-refractivity contribution is 6.67. The van der Waals surface area contributed by atoms with Crippen molar-refractivity contribution in [2.45, 2.75) is 0 Å². The lowest BCUT2D eigenvalue weighted by atomic mass is 10.1. The van der Waals surface area contributed by atoms with Crippen LogP contribution in [0.15, 0.2) is 18.2 Å². The van der Waals surface area contributed by atoms with Crippen LogP contribution in [0.1, 0.15) is 15.9 Å². The van der Waals surface area contributed by atoms with E-state index in [-0.39, 0.29) is 11.1 Å². The van der Waals surface area contributed by atoms with E-state index >= 15 is 0 Å². The number of nitriles is 1. The van der Waals surface area contributed by atoms with Gasteiger partial charge in [-0.25, -0.2) is 0 Å². The van der Waals surface area contributed by atoms with Crippen molar-refractivity contribution in [1.29, 1.82) is 5.26 Å². The molecule has 4 heteroatoms. The summed E-state index contributed by atoms with van der Waals surface area (Å²) < 4.78 is 0. The fourth-order valence-corrected chi connectivity index (χ4v) is 1.01. The standard InChI is InChI=1S/C8H3Cl2NO/c9-7-2-1-5(8(10)12)3-6(7)4-11/h1-3H. The summed E-state index contributed by atoms with van der Waals surface area (Å²) in [6, 6.07) is 6.15. The predicted octanol–water partition coefficient (Wildman–Crippen LogP) is 2.59. The molecule has 0 spiro atoms. The van der Waals surface area contributed by atoms with Crippen LogP contribution >= 0.6 is 23.2 Å². The second kappa shape index (κ2) is 3.57. The molecule has 0 unspecified atom stereocenters. The number of hydrogen-bond acceptors (Lipinski definition) is 2. The van der Waals surface area contributed by atoms with E-state index in [1.807, 2.05) is 6.07 Å². The van der Waals surface area contributed by atoms with Gasteiger partial charge in [-0.1, -0.05) is 11.6 Å². The molecule has 0 heterocycles. The van der Waals surface area contributed by atoms with Crippen molar-refractivity contribution in [2.75, 3.05) is 0 Å². The van der Waals surface area contributed by atoms with Crippen molar-refractivity contribution >= 4 is 28.4 Å². The van der Waals surface area contributed by atoms with E-state index in [1.54, 1.807) is 0 Å². The minimum Gasteiger partial charge on any atom is -0.276 e. The third-order valence-electron chi connectivity index (χ3n) is 1.31. The molecule has 0 saturated heterocycles. The lowest BCUT2D eigenvalue weighted by Crippen LogP contribution is -1.89. The van der Waals surface area contributed by atoms with Gasteiger partial charge in [-0.15, -0.1) is 0 Å². The van der Waals surface area contributed by atoms with E-state index in [1.165, 1.54) is 18.2 Å². The van der Waals surface area contributed by atoms with Crippen LogP contribution in [0.4, 0.5) is 0 Å². The Bertz CT molecular complexity index is 368. The first kappa shape index (κ1) is 9.05. The lowest BCUT2D eigenvalue weighted by Gasteiger charge is -1.95. The van der Waals surface area contributed by atoms with Gasteiger partial charge in [-0.3, -0.25) is 4.79 Å². The molecule has 0 atom stereocenters. The molecule has 60 valence electrons. The third kappa shape index (κ3) is 1.76. The molecule has 0 bridgehead atoms. The number of benzene rings is 1. The smallest absolute Gasteiger partial charge is 0.252 e. The van der Waals surface area contributed by atoms with Crippen molar-refractivity contribution in [3.8, 4) is 6.07 Å². The Morgan fingerprint density at radius 1 is 1.50 bits per heavy atom. The summed E-state index contributed by atoms with van der Waals surface area (Å²) in [6.07, 6.45) is 0. The quantitative estimate of drug-likeness (QED) is 0.653. The summed E-state index contributed by atoms with van der Waals surface area (Å²) in [7, 11) is 0. The molecule has 1 aromatic rings. The van der Waals surface area contributed by atoms with Crippen LogP contribution in [0.3, 0.4) is 0 Å². The van der Waals surface area contributed by atoms with Gasteiger partial charge in [0.1, 0.15) is 6.07 Å². The average Bonchev–Trinajstić information content (AvgIpc) is 2.05. The van der Waals surface area contributed by atoms with Gasteiger partial charge in [0.25, 0.3) is 5.24 Å². The predicted molar refractivity (Wildman–Crippen MR) is 46.4 cm³/mol. The zero-order chi connectivity index (χ0) is 9.14. The summed E-state index contributed by atoms with van der Waals surface area (Å²) >= 11 is 10.8. The lowest BCUT2D eigenvalue weighted by molar-refractivity contribution is 0.108. The zero-order valence-electron chi connectivity index (χ0n) is 5.84. The minimum absolute atomic E-state index is 0.253. The Hall–Kier alpha value is -1.04. The maximum absolute atomic E-state index is 10.6. The molecule has 0 aliphatic carbocycles. The van der Waals surface area contributed by atoms with Gasteiger partial charge in [0.05, 0.1) is 10.6 Å². The summed E-state index contributed by atoms with van der Waals surface area (Å²) in [5.74, 6) is 0. The van der Waals surface area contributed by atoms with Crippen LogP contribution in [-0.2, 0) is 0 Å². The molecular weight excluding hydrogens is 197 g/mol. The van der Waals surface area contributed by atoms with Crippen LogP contribution in [0, 0.1) is 11.3 Å². The highest BCUT2D eigenvalue weighted by Gasteiger charge is 2.05. The Morgan fingerprint density at radius 2 is 2.17 bits per heavy atom. The third-order valence-corrected chi connectivity index (χ3v) is 1.86. The van der Waals surface area contributed by atoms with Crippen LogP contribution in [0.2, 0.25) is 5.02 Å².